The van der Waals surface area contributed by atoms with Crippen molar-refractivity contribution in [2.75, 3.05) is 10.6 Å². The zero-order valence-corrected chi connectivity index (χ0v) is 12.7. The Bertz CT molecular complexity index is 801. The molecule has 2 heterocycles. The molecule has 116 valence electrons. The van der Waals surface area contributed by atoms with Gasteiger partial charge in [-0.25, -0.2) is 4.68 Å². The Hall–Kier alpha value is -3.07. The molecule has 2 N–H and O–H groups in total. The average molecular weight is 328 g/mol. The fraction of sp³-hybridized carbons (Fsp3) is 0.0714. The van der Waals surface area contributed by atoms with Crippen LogP contribution in [0.25, 0.3) is 0 Å². The lowest BCUT2D eigenvalue weighted by atomic mass is 10.2. The molecule has 23 heavy (non-hydrogen) atoms. The van der Waals surface area contributed by atoms with E-state index in [0.29, 0.717) is 16.3 Å². The first-order valence-corrected chi connectivity index (χ1v) is 7.54. The molecule has 0 fully saturated rings. The van der Waals surface area contributed by atoms with Gasteiger partial charge in [0.2, 0.25) is 5.91 Å². The molecule has 0 radical (unpaired) electrons. The van der Waals surface area contributed by atoms with E-state index in [1.54, 1.807) is 30.3 Å². The van der Waals surface area contributed by atoms with Crippen LogP contribution in [0.5, 0.6) is 0 Å². The van der Waals surface area contributed by atoms with Crippen molar-refractivity contribution in [3.63, 3.8) is 0 Å². The number of benzene rings is 1. The maximum Gasteiger partial charge on any atom is 0.265 e. The number of amides is 2. The van der Waals surface area contributed by atoms with E-state index in [0.717, 1.165) is 0 Å². The zero-order valence-electron chi connectivity index (χ0n) is 11.8. The molecule has 0 unspecified atom stereocenters. The van der Waals surface area contributed by atoms with Gasteiger partial charge in [-0.15, -0.1) is 16.4 Å². The van der Waals surface area contributed by atoms with Gasteiger partial charge >= 0.3 is 0 Å². The van der Waals surface area contributed by atoms with Crippen LogP contribution in [0.1, 0.15) is 9.67 Å². The summed E-state index contributed by atoms with van der Waals surface area (Å²) in [7, 11) is 0. The lowest BCUT2D eigenvalue weighted by Crippen LogP contribution is -2.19. The Morgan fingerprint density at radius 2 is 1.96 bits per heavy atom. The van der Waals surface area contributed by atoms with Crippen LogP contribution in [-0.4, -0.2) is 32.0 Å². The largest absolute Gasteiger partial charge is 0.324 e. The summed E-state index contributed by atoms with van der Waals surface area (Å²) in [6.45, 7) is 0.0127. The minimum Gasteiger partial charge on any atom is -0.324 e. The first-order valence-electron chi connectivity index (χ1n) is 6.66. The molecular formula is C14H12N6O2S. The van der Waals surface area contributed by atoms with Gasteiger partial charge in [-0.05, 0) is 40.1 Å². The molecule has 0 aliphatic heterocycles. The first kappa shape index (κ1) is 14.9. The third kappa shape index (κ3) is 3.98. The molecule has 0 saturated carbocycles. The molecule has 0 bridgehead atoms. The van der Waals surface area contributed by atoms with E-state index in [2.05, 4.69) is 26.2 Å². The number of tetrazole rings is 1. The normalized spacial score (nSPS) is 10.3. The maximum atomic E-state index is 12.0. The first-order chi connectivity index (χ1) is 11.2. The monoisotopic (exact) mass is 328 g/mol. The predicted molar refractivity (Wildman–Crippen MR) is 85.2 cm³/mol. The summed E-state index contributed by atoms with van der Waals surface area (Å²) >= 11 is 1.36. The van der Waals surface area contributed by atoms with Gasteiger partial charge in [-0.3, -0.25) is 9.59 Å². The summed E-state index contributed by atoms with van der Waals surface area (Å²) in [5.74, 6) is -0.448. The lowest BCUT2D eigenvalue weighted by Gasteiger charge is -2.08. The number of hydrogen-bond donors (Lipinski definition) is 2. The van der Waals surface area contributed by atoms with Crippen molar-refractivity contribution in [2.45, 2.75) is 6.54 Å². The van der Waals surface area contributed by atoms with E-state index in [9.17, 15) is 9.59 Å². The smallest absolute Gasteiger partial charge is 0.265 e. The molecule has 3 rings (SSSR count). The van der Waals surface area contributed by atoms with Crippen molar-refractivity contribution in [3.8, 4) is 0 Å². The fourth-order valence-corrected chi connectivity index (χ4v) is 2.49. The molecule has 1 aromatic carbocycles. The quantitative estimate of drug-likeness (QED) is 0.741. The zero-order chi connectivity index (χ0) is 16.1. The van der Waals surface area contributed by atoms with Crippen molar-refractivity contribution in [1.29, 1.82) is 0 Å². The molecule has 0 saturated heterocycles. The van der Waals surface area contributed by atoms with E-state index in [-0.39, 0.29) is 18.4 Å². The summed E-state index contributed by atoms with van der Waals surface area (Å²) in [6, 6.07) is 10.5. The minimum absolute atomic E-state index is 0.0127. The van der Waals surface area contributed by atoms with E-state index >= 15 is 0 Å². The molecule has 2 amide bonds. The Morgan fingerprint density at radius 1 is 1.13 bits per heavy atom. The predicted octanol–water partition coefficient (Wildman–Crippen LogP) is 1.63. The molecule has 0 aliphatic carbocycles. The van der Waals surface area contributed by atoms with Crippen LogP contribution in [-0.2, 0) is 11.3 Å². The second-order valence-electron chi connectivity index (χ2n) is 4.57. The van der Waals surface area contributed by atoms with Gasteiger partial charge < -0.3 is 10.6 Å². The van der Waals surface area contributed by atoms with Gasteiger partial charge in [-0.2, -0.15) is 0 Å². The summed E-state index contributed by atoms with van der Waals surface area (Å²) < 4.78 is 1.32. The molecule has 3 aromatic rings. The lowest BCUT2D eigenvalue weighted by molar-refractivity contribution is -0.116. The van der Waals surface area contributed by atoms with Crippen LogP contribution in [0.3, 0.4) is 0 Å². The van der Waals surface area contributed by atoms with Crippen molar-refractivity contribution >= 4 is 34.5 Å². The highest BCUT2D eigenvalue weighted by Crippen LogP contribution is 2.17. The molecule has 9 heteroatoms. The Balaban J connectivity index is 1.63. The molecule has 0 aliphatic rings. The number of carbonyl (C=O) groups excluding carboxylic acids is 2. The Labute approximate surface area is 135 Å². The highest BCUT2D eigenvalue weighted by atomic mass is 32.1. The van der Waals surface area contributed by atoms with E-state index in [1.807, 2.05) is 11.4 Å². The topological polar surface area (TPSA) is 102 Å². The van der Waals surface area contributed by atoms with E-state index in [1.165, 1.54) is 22.3 Å². The number of thiophene rings is 1. The summed E-state index contributed by atoms with van der Waals surface area (Å²) in [4.78, 5) is 24.5. The average Bonchev–Trinajstić information content (AvgIpc) is 3.20. The SMILES string of the molecule is O=C(Cn1cnnn1)Nc1cccc(NC(=O)c2cccs2)c1. The third-order valence-electron chi connectivity index (χ3n) is 2.85. The molecule has 0 spiro atoms. The van der Waals surface area contributed by atoms with E-state index in [4.69, 9.17) is 0 Å². The number of anilines is 2. The second kappa shape index (κ2) is 6.79. The summed E-state index contributed by atoms with van der Waals surface area (Å²) in [5.41, 5.74) is 1.18. The number of nitrogens with one attached hydrogen (secondary N) is 2. The Kier molecular flexibility index (Phi) is 4.39. The number of aromatic nitrogens is 4. The van der Waals surface area contributed by atoms with Crippen molar-refractivity contribution in [2.24, 2.45) is 0 Å². The van der Waals surface area contributed by atoms with Crippen molar-refractivity contribution in [3.05, 3.63) is 53.0 Å². The molecular weight excluding hydrogens is 316 g/mol. The van der Waals surface area contributed by atoms with Crippen molar-refractivity contribution in [1.82, 2.24) is 20.2 Å². The van der Waals surface area contributed by atoms with Crippen LogP contribution in [0.2, 0.25) is 0 Å². The summed E-state index contributed by atoms with van der Waals surface area (Å²) in [6.07, 6.45) is 1.36. The number of nitrogens with zero attached hydrogens (tertiary/aromatic N) is 4. The van der Waals surface area contributed by atoms with Gasteiger partial charge in [0.25, 0.3) is 5.91 Å². The highest BCUT2D eigenvalue weighted by Gasteiger charge is 2.08. The number of carbonyl (C=O) groups is 2. The summed E-state index contributed by atoms with van der Waals surface area (Å²) in [5, 5.41) is 17.9. The second-order valence-corrected chi connectivity index (χ2v) is 5.52. The van der Waals surface area contributed by atoms with Gasteiger partial charge in [0.15, 0.2) is 0 Å². The van der Waals surface area contributed by atoms with Crippen molar-refractivity contribution < 1.29 is 9.59 Å². The van der Waals surface area contributed by atoms with Crippen LogP contribution in [0, 0.1) is 0 Å². The highest BCUT2D eigenvalue weighted by molar-refractivity contribution is 7.12. The van der Waals surface area contributed by atoms with Crippen LogP contribution in [0.15, 0.2) is 48.1 Å². The fourth-order valence-electron chi connectivity index (χ4n) is 1.88. The number of rotatable bonds is 5. The van der Waals surface area contributed by atoms with Gasteiger partial charge in [0.05, 0.1) is 4.88 Å². The van der Waals surface area contributed by atoms with Crippen LogP contribution in [0.4, 0.5) is 11.4 Å². The third-order valence-corrected chi connectivity index (χ3v) is 3.71. The van der Waals surface area contributed by atoms with Crippen LogP contribution >= 0.6 is 11.3 Å². The van der Waals surface area contributed by atoms with Gasteiger partial charge in [0.1, 0.15) is 12.9 Å². The van der Waals surface area contributed by atoms with Gasteiger partial charge in [-0.1, -0.05) is 12.1 Å². The Morgan fingerprint density at radius 3 is 2.65 bits per heavy atom. The minimum atomic E-state index is -0.265. The van der Waals surface area contributed by atoms with E-state index < -0.39 is 0 Å². The number of hydrogen-bond acceptors (Lipinski definition) is 6. The van der Waals surface area contributed by atoms with Gasteiger partial charge in [0, 0.05) is 11.4 Å². The molecule has 0 atom stereocenters. The standard InChI is InChI=1S/C14H12N6O2S/c21-13(8-20-9-15-18-19-20)16-10-3-1-4-11(7-10)17-14(22)12-5-2-6-23-12/h1-7,9H,8H2,(H,16,21)(H,17,22). The molecule has 2 aromatic heterocycles. The maximum absolute atomic E-state index is 12.0. The van der Waals surface area contributed by atoms with Crippen LogP contribution < -0.4 is 10.6 Å². The molecule has 8 nitrogen and oxygen atoms in total.